The summed E-state index contributed by atoms with van der Waals surface area (Å²) in [6, 6.07) is 16.4. The maximum atomic E-state index is 5.79. The van der Waals surface area contributed by atoms with Crippen molar-refractivity contribution in [1.29, 1.82) is 0 Å². The van der Waals surface area contributed by atoms with Crippen molar-refractivity contribution in [3.63, 3.8) is 0 Å². The lowest BCUT2D eigenvalue weighted by atomic mass is 10.0. The zero-order valence-electron chi connectivity index (χ0n) is 17.5. The number of nitrogens with two attached hydrogens (primary N) is 1. The summed E-state index contributed by atoms with van der Waals surface area (Å²) in [6.45, 7) is 5.79. The first-order valence-corrected chi connectivity index (χ1v) is 10.4. The smallest absolute Gasteiger partial charge is 0.123 e. The Balaban J connectivity index is 1.70. The zero-order valence-corrected chi connectivity index (χ0v) is 17.5. The fraction of sp³-hybridized carbons (Fsp3) is 0.292. The lowest BCUT2D eigenvalue weighted by Crippen LogP contribution is -2.30. The van der Waals surface area contributed by atoms with Crippen LogP contribution in [0.4, 0.5) is 5.82 Å². The second kappa shape index (κ2) is 9.05. The van der Waals surface area contributed by atoms with Crippen molar-refractivity contribution in [3.05, 3.63) is 83.6 Å². The number of nitrogen functional groups attached to an aromatic ring is 1. The molecule has 0 aliphatic carbocycles. The van der Waals surface area contributed by atoms with Crippen LogP contribution in [-0.4, -0.2) is 24.8 Å². The summed E-state index contributed by atoms with van der Waals surface area (Å²) in [5.74, 6) is 1.49. The molecule has 4 rings (SSSR count). The Hall–Kier alpha value is -3.25. The first kappa shape index (κ1) is 20.0. The molecule has 0 fully saturated rings. The van der Waals surface area contributed by atoms with Crippen molar-refractivity contribution in [2.24, 2.45) is 0 Å². The van der Waals surface area contributed by atoms with Crippen molar-refractivity contribution in [2.75, 3.05) is 5.73 Å². The third-order valence-corrected chi connectivity index (χ3v) is 5.39. The van der Waals surface area contributed by atoms with Gasteiger partial charge in [0.25, 0.3) is 0 Å². The molecule has 1 unspecified atom stereocenters. The topological polar surface area (TPSA) is 83.7 Å². The van der Waals surface area contributed by atoms with E-state index in [4.69, 9.17) is 15.7 Å². The van der Waals surface area contributed by atoms with Crippen LogP contribution in [0.2, 0.25) is 0 Å². The molecule has 0 spiro atoms. The van der Waals surface area contributed by atoms with Gasteiger partial charge in [0.2, 0.25) is 0 Å². The van der Waals surface area contributed by atoms with Crippen LogP contribution in [-0.2, 0) is 13.1 Å². The van der Waals surface area contributed by atoms with E-state index in [0.717, 1.165) is 47.5 Å². The molecule has 0 radical (unpaired) electrons. The fourth-order valence-electron chi connectivity index (χ4n) is 3.93. The minimum atomic E-state index is 0.182. The predicted molar refractivity (Wildman–Crippen MR) is 121 cm³/mol. The molecule has 0 bridgehead atoms. The highest BCUT2D eigenvalue weighted by molar-refractivity contribution is 5.74. The van der Waals surface area contributed by atoms with E-state index in [1.165, 1.54) is 5.56 Å². The zero-order chi connectivity index (χ0) is 20.9. The Labute approximate surface area is 177 Å². The number of nitrogens with zero attached hydrogens (tertiary/aromatic N) is 4. The van der Waals surface area contributed by atoms with Gasteiger partial charge >= 0.3 is 0 Å². The second-order valence-corrected chi connectivity index (χ2v) is 7.71. The standard InChI is InChI=1S/C24H28N6/c1-3-7-21(24-17(2)8-6-13-26-24)30(15-18-11-12-22(25)27-14-18)16-23-28-19-9-4-5-10-20(19)29-23/h4-6,8-14,21H,3,7,15-16H2,1-2H3,(H2,25,27)(H,28,29). The SMILES string of the molecule is CCCC(c1ncccc1C)N(Cc1ccc(N)nc1)Cc1nc2ccccc2[nH]1. The number of fused-ring (bicyclic) bond motifs is 1. The summed E-state index contributed by atoms with van der Waals surface area (Å²) >= 11 is 0. The first-order valence-electron chi connectivity index (χ1n) is 10.4. The third kappa shape index (κ3) is 4.49. The van der Waals surface area contributed by atoms with Gasteiger partial charge in [0.1, 0.15) is 11.6 Å². The van der Waals surface area contributed by atoms with E-state index in [2.05, 4.69) is 40.8 Å². The summed E-state index contributed by atoms with van der Waals surface area (Å²) in [4.78, 5) is 19.8. The summed E-state index contributed by atoms with van der Waals surface area (Å²) in [6.07, 6.45) is 5.82. The molecule has 30 heavy (non-hydrogen) atoms. The monoisotopic (exact) mass is 400 g/mol. The maximum Gasteiger partial charge on any atom is 0.123 e. The molecule has 0 saturated heterocycles. The van der Waals surface area contributed by atoms with Gasteiger partial charge in [0.05, 0.1) is 29.3 Å². The van der Waals surface area contributed by atoms with Crippen LogP contribution in [0.15, 0.2) is 60.9 Å². The number of nitrogens with one attached hydrogen (secondary N) is 1. The number of rotatable bonds is 8. The van der Waals surface area contributed by atoms with Gasteiger partial charge in [-0.3, -0.25) is 9.88 Å². The number of hydrogen-bond donors (Lipinski definition) is 2. The van der Waals surface area contributed by atoms with Crippen LogP contribution in [0.25, 0.3) is 11.0 Å². The summed E-state index contributed by atoms with van der Waals surface area (Å²) in [5, 5.41) is 0. The maximum absolute atomic E-state index is 5.79. The van der Waals surface area contributed by atoms with Crippen LogP contribution in [0.5, 0.6) is 0 Å². The van der Waals surface area contributed by atoms with E-state index >= 15 is 0 Å². The number of H-pyrrole nitrogens is 1. The average Bonchev–Trinajstić information content (AvgIpc) is 3.16. The molecule has 154 valence electrons. The lowest BCUT2D eigenvalue weighted by molar-refractivity contribution is 0.160. The molecule has 0 amide bonds. The van der Waals surface area contributed by atoms with E-state index < -0.39 is 0 Å². The molecule has 6 nitrogen and oxygen atoms in total. The highest BCUT2D eigenvalue weighted by Gasteiger charge is 2.24. The highest BCUT2D eigenvalue weighted by atomic mass is 15.2. The number of imidazole rings is 1. The van der Waals surface area contributed by atoms with Gasteiger partial charge in [-0.25, -0.2) is 9.97 Å². The van der Waals surface area contributed by atoms with Crippen LogP contribution in [0, 0.1) is 6.92 Å². The summed E-state index contributed by atoms with van der Waals surface area (Å²) < 4.78 is 0. The van der Waals surface area contributed by atoms with Gasteiger partial charge < -0.3 is 10.7 Å². The van der Waals surface area contributed by atoms with Gasteiger partial charge in [-0.1, -0.05) is 37.6 Å². The van der Waals surface area contributed by atoms with E-state index in [1.54, 1.807) is 0 Å². The summed E-state index contributed by atoms with van der Waals surface area (Å²) in [5.41, 5.74) is 11.3. The van der Waals surface area contributed by atoms with Crippen LogP contribution < -0.4 is 5.73 Å². The van der Waals surface area contributed by atoms with E-state index in [9.17, 15) is 0 Å². The number of aryl methyl sites for hydroxylation is 1. The van der Waals surface area contributed by atoms with Crippen LogP contribution in [0.1, 0.15) is 48.5 Å². The van der Waals surface area contributed by atoms with Gasteiger partial charge in [0.15, 0.2) is 0 Å². The molecule has 3 aromatic heterocycles. The summed E-state index contributed by atoms with van der Waals surface area (Å²) in [7, 11) is 0. The van der Waals surface area contributed by atoms with Crippen molar-refractivity contribution in [3.8, 4) is 0 Å². The van der Waals surface area contributed by atoms with Crippen molar-refractivity contribution >= 4 is 16.9 Å². The van der Waals surface area contributed by atoms with Gasteiger partial charge in [0, 0.05) is 18.9 Å². The number of aromatic amines is 1. The Morgan fingerprint density at radius 3 is 2.63 bits per heavy atom. The van der Waals surface area contributed by atoms with Gasteiger partial charge in [-0.2, -0.15) is 0 Å². The Morgan fingerprint density at radius 2 is 1.90 bits per heavy atom. The van der Waals surface area contributed by atoms with Gasteiger partial charge in [-0.05, 0) is 48.7 Å². The first-order chi connectivity index (χ1) is 14.6. The second-order valence-electron chi connectivity index (χ2n) is 7.71. The minimum Gasteiger partial charge on any atom is -0.384 e. The molecule has 4 aromatic rings. The minimum absolute atomic E-state index is 0.182. The largest absolute Gasteiger partial charge is 0.384 e. The third-order valence-electron chi connectivity index (χ3n) is 5.39. The number of benzene rings is 1. The number of para-hydroxylation sites is 2. The number of aromatic nitrogens is 4. The molecular formula is C24H28N6. The Morgan fingerprint density at radius 1 is 1.03 bits per heavy atom. The molecule has 1 atom stereocenters. The quantitative estimate of drug-likeness (QED) is 0.444. The number of pyridine rings is 2. The lowest BCUT2D eigenvalue weighted by Gasteiger charge is -2.31. The molecule has 0 saturated carbocycles. The number of hydrogen-bond acceptors (Lipinski definition) is 5. The van der Waals surface area contributed by atoms with Crippen molar-refractivity contribution < 1.29 is 0 Å². The van der Waals surface area contributed by atoms with Crippen LogP contribution in [0.3, 0.4) is 0 Å². The van der Waals surface area contributed by atoms with E-state index in [0.29, 0.717) is 12.4 Å². The average molecular weight is 401 g/mol. The van der Waals surface area contributed by atoms with Gasteiger partial charge in [-0.15, -0.1) is 0 Å². The highest BCUT2D eigenvalue weighted by Crippen LogP contribution is 2.30. The Kier molecular flexibility index (Phi) is 6.05. The molecular weight excluding hydrogens is 372 g/mol. The normalized spacial score (nSPS) is 12.5. The van der Waals surface area contributed by atoms with E-state index in [1.807, 2.05) is 48.8 Å². The van der Waals surface area contributed by atoms with Crippen LogP contribution >= 0.6 is 0 Å². The molecule has 6 heteroatoms. The van der Waals surface area contributed by atoms with Crippen molar-refractivity contribution in [1.82, 2.24) is 24.8 Å². The van der Waals surface area contributed by atoms with E-state index in [-0.39, 0.29) is 6.04 Å². The fourth-order valence-corrected chi connectivity index (χ4v) is 3.93. The molecule has 0 aliphatic rings. The van der Waals surface area contributed by atoms with Crippen molar-refractivity contribution in [2.45, 2.75) is 45.8 Å². The Bertz CT molecular complexity index is 1070. The molecule has 0 aliphatic heterocycles. The molecule has 3 N–H and O–H groups in total. The predicted octanol–water partition coefficient (Wildman–Crippen LogP) is 4.79. The molecule has 1 aromatic carbocycles. The number of anilines is 1. The molecule has 3 heterocycles.